The Morgan fingerprint density at radius 3 is 2.69 bits per heavy atom. The van der Waals surface area contributed by atoms with Crippen molar-refractivity contribution >= 4 is 38.8 Å². The van der Waals surface area contributed by atoms with Gasteiger partial charge < -0.3 is 19.8 Å². The van der Waals surface area contributed by atoms with E-state index in [0.717, 1.165) is 16.5 Å². The molecule has 0 fully saturated rings. The minimum Gasteiger partial charge on any atom is -0.493 e. The van der Waals surface area contributed by atoms with Gasteiger partial charge in [-0.3, -0.25) is 4.79 Å². The summed E-state index contributed by atoms with van der Waals surface area (Å²) in [5.74, 6) is -0.0446. The summed E-state index contributed by atoms with van der Waals surface area (Å²) in [5, 5.41) is 13.5. The Bertz CT molecular complexity index is 1470. The summed E-state index contributed by atoms with van der Waals surface area (Å²) in [6.45, 7) is 0.403. The van der Waals surface area contributed by atoms with Gasteiger partial charge in [-0.1, -0.05) is 52.3 Å². The van der Waals surface area contributed by atoms with Gasteiger partial charge in [0.2, 0.25) is 0 Å². The number of carbonyl (C=O) groups is 1. The number of methoxy groups -OCH3 is 1. The predicted octanol–water partition coefficient (Wildman–Crippen LogP) is 5.92. The third kappa shape index (κ3) is 5.75. The van der Waals surface area contributed by atoms with Crippen molar-refractivity contribution in [3.63, 3.8) is 0 Å². The molecule has 0 saturated carbocycles. The number of nitrogens with one attached hydrogen (secondary N) is 2. The van der Waals surface area contributed by atoms with Gasteiger partial charge in [0, 0.05) is 33.7 Å². The fourth-order valence-electron chi connectivity index (χ4n) is 3.75. The molecule has 4 rings (SSSR count). The number of fused-ring (bicyclic) bond motifs is 1. The molecule has 3 aromatic carbocycles. The second kappa shape index (κ2) is 11.6. The zero-order valence-corrected chi connectivity index (χ0v) is 21.1. The Hall–Kier alpha value is -4.09. The average molecular weight is 548 g/mol. The SMILES string of the molecule is COc1cc(/C=C(/C#N)C(=O)NCCc2c[nH]c3ccccc23)c(Br)cc1OCc1ccccc1F. The summed E-state index contributed by atoms with van der Waals surface area (Å²) in [6.07, 6.45) is 4.03. The molecule has 0 spiro atoms. The Kier molecular flexibility index (Phi) is 8.03. The molecule has 2 N–H and O–H groups in total. The number of rotatable bonds is 9. The van der Waals surface area contributed by atoms with Crippen molar-refractivity contribution in [2.75, 3.05) is 13.7 Å². The third-order valence-corrected chi connectivity index (χ3v) is 6.33. The molecule has 0 aliphatic carbocycles. The fraction of sp³-hybridized carbons (Fsp3) is 0.143. The molecular weight excluding hydrogens is 525 g/mol. The van der Waals surface area contributed by atoms with Crippen molar-refractivity contribution < 1.29 is 18.7 Å². The Morgan fingerprint density at radius 2 is 1.92 bits per heavy atom. The summed E-state index contributed by atoms with van der Waals surface area (Å²) in [5.41, 5.74) is 3.06. The van der Waals surface area contributed by atoms with E-state index < -0.39 is 5.91 Å². The summed E-state index contributed by atoms with van der Waals surface area (Å²) in [4.78, 5) is 15.9. The van der Waals surface area contributed by atoms with E-state index in [4.69, 9.17) is 9.47 Å². The van der Waals surface area contributed by atoms with Gasteiger partial charge in [0.05, 0.1) is 7.11 Å². The minimum atomic E-state index is -0.469. The highest BCUT2D eigenvalue weighted by Crippen LogP contribution is 2.35. The Morgan fingerprint density at radius 1 is 1.14 bits per heavy atom. The van der Waals surface area contributed by atoms with Crippen molar-refractivity contribution in [2.45, 2.75) is 13.0 Å². The molecule has 0 saturated heterocycles. The fourth-order valence-corrected chi connectivity index (χ4v) is 4.19. The van der Waals surface area contributed by atoms with Crippen LogP contribution in [-0.4, -0.2) is 24.5 Å². The van der Waals surface area contributed by atoms with Crippen LogP contribution in [0.25, 0.3) is 17.0 Å². The van der Waals surface area contributed by atoms with Gasteiger partial charge in [-0.15, -0.1) is 0 Å². The number of nitrogens with zero attached hydrogens (tertiary/aromatic N) is 1. The molecule has 0 aliphatic rings. The molecule has 0 bridgehead atoms. The molecule has 8 heteroatoms. The number of nitriles is 1. The lowest BCUT2D eigenvalue weighted by Crippen LogP contribution is -2.26. The maximum Gasteiger partial charge on any atom is 0.261 e. The standard InChI is InChI=1S/C28H23BrFN3O3/c1-35-26-13-20(23(29)14-27(26)36-17-19-6-2-4-8-24(19)30)12-21(15-31)28(34)32-11-10-18-16-33-25-9-5-3-7-22(18)25/h2-9,12-14,16,33H,10-11,17H2,1H3,(H,32,34)/b21-12-. The summed E-state index contributed by atoms with van der Waals surface area (Å²) in [6, 6.07) is 19.6. The van der Waals surface area contributed by atoms with Crippen LogP contribution in [0.4, 0.5) is 4.39 Å². The monoisotopic (exact) mass is 547 g/mol. The molecule has 0 atom stereocenters. The highest BCUT2D eigenvalue weighted by molar-refractivity contribution is 9.10. The number of aromatic amines is 1. The molecule has 0 unspecified atom stereocenters. The van der Waals surface area contributed by atoms with Gasteiger partial charge in [-0.25, -0.2) is 4.39 Å². The van der Waals surface area contributed by atoms with Crippen LogP contribution in [0.2, 0.25) is 0 Å². The normalized spacial score (nSPS) is 11.2. The summed E-state index contributed by atoms with van der Waals surface area (Å²) in [7, 11) is 1.48. The molecule has 0 radical (unpaired) electrons. The molecule has 0 aliphatic heterocycles. The topological polar surface area (TPSA) is 87.1 Å². The van der Waals surface area contributed by atoms with Gasteiger partial charge in [0.15, 0.2) is 11.5 Å². The second-order valence-corrected chi connectivity index (χ2v) is 8.79. The van der Waals surface area contributed by atoms with Crippen molar-refractivity contribution in [1.82, 2.24) is 10.3 Å². The lowest BCUT2D eigenvalue weighted by Gasteiger charge is -2.13. The van der Waals surface area contributed by atoms with Crippen molar-refractivity contribution in [2.24, 2.45) is 0 Å². The first-order valence-corrected chi connectivity index (χ1v) is 12.0. The molecule has 6 nitrogen and oxygen atoms in total. The molecule has 36 heavy (non-hydrogen) atoms. The van der Waals surface area contributed by atoms with Crippen LogP contribution in [-0.2, 0) is 17.8 Å². The van der Waals surface area contributed by atoms with Crippen LogP contribution in [0.1, 0.15) is 16.7 Å². The first-order valence-electron chi connectivity index (χ1n) is 11.2. The highest BCUT2D eigenvalue weighted by atomic mass is 79.9. The van der Waals surface area contributed by atoms with E-state index in [2.05, 4.69) is 26.2 Å². The van der Waals surface area contributed by atoms with E-state index in [1.807, 2.05) is 36.5 Å². The molecule has 1 heterocycles. The third-order valence-electron chi connectivity index (χ3n) is 5.64. The van der Waals surface area contributed by atoms with Gasteiger partial charge in [0.1, 0.15) is 24.1 Å². The number of aromatic nitrogens is 1. The Balaban J connectivity index is 1.44. The smallest absolute Gasteiger partial charge is 0.261 e. The van der Waals surface area contributed by atoms with Gasteiger partial charge in [-0.05, 0) is 47.9 Å². The van der Waals surface area contributed by atoms with E-state index in [1.165, 1.54) is 19.3 Å². The average Bonchev–Trinajstić information content (AvgIpc) is 3.30. The number of amides is 1. The van der Waals surface area contributed by atoms with Gasteiger partial charge in [-0.2, -0.15) is 5.26 Å². The van der Waals surface area contributed by atoms with Gasteiger partial charge >= 0.3 is 0 Å². The highest BCUT2D eigenvalue weighted by Gasteiger charge is 2.14. The van der Waals surface area contributed by atoms with Crippen LogP contribution in [0.15, 0.2) is 76.9 Å². The summed E-state index contributed by atoms with van der Waals surface area (Å²) >= 11 is 3.46. The second-order valence-electron chi connectivity index (χ2n) is 7.94. The minimum absolute atomic E-state index is 0.0208. The number of H-pyrrole nitrogens is 1. The molecule has 1 aromatic heterocycles. The number of para-hydroxylation sites is 1. The number of halogens is 2. The van der Waals surface area contributed by atoms with E-state index in [1.54, 1.807) is 30.3 Å². The van der Waals surface area contributed by atoms with Crippen LogP contribution in [0.5, 0.6) is 11.5 Å². The molecule has 182 valence electrons. The van der Waals surface area contributed by atoms with E-state index in [9.17, 15) is 14.4 Å². The number of hydrogen-bond donors (Lipinski definition) is 2. The first kappa shape index (κ1) is 25.0. The van der Waals surface area contributed by atoms with Crippen LogP contribution >= 0.6 is 15.9 Å². The summed E-state index contributed by atoms with van der Waals surface area (Å²) < 4.78 is 25.7. The zero-order valence-electron chi connectivity index (χ0n) is 19.5. The zero-order chi connectivity index (χ0) is 25.5. The van der Waals surface area contributed by atoms with Crippen molar-refractivity contribution in [3.05, 3.63) is 99.4 Å². The Labute approximate surface area is 216 Å². The maximum atomic E-state index is 13.9. The van der Waals surface area contributed by atoms with Crippen LogP contribution in [0.3, 0.4) is 0 Å². The number of carbonyl (C=O) groups excluding carboxylic acids is 1. The maximum absolute atomic E-state index is 13.9. The van der Waals surface area contributed by atoms with Crippen LogP contribution < -0.4 is 14.8 Å². The lowest BCUT2D eigenvalue weighted by molar-refractivity contribution is -0.117. The predicted molar refractivity (Wildman–Crippen MR) is 140 cm³/mol. The molecule has 4 aromatic rings. The number of ether oxygens (including phenoxy) is 2. The van der Waals surface area contributed by atoms with E-state index >= 15 is 0 Å². The first-order chi connectivity index (χ1) is 17.5. The van der Waals surface area contributed by atoms with Crippen molar-refractivity contribution in [1.29, 1.82) is 5.26 Å². The lowest BCUT2D eigenvalue weighted by atomic mass is 10.1. The van der Waals surface area contributed by atoms with E-state index in [-0.39, 0.29) is 18.0 Å². The number of hydrogen-bond acceptors (Lipinski definition) is 4. The van der Waals surface area contributed by atoms with Crippen LogP contribution in [0, 0.1) is 17.1 Å². The molecular formula is C28H23BrFN3O3. The quantitative estimate of drug-likeness (QED) is 0.201. The van der Waals surface area contributed by atoms with E-state index in [0.29, 0.717) is 40.1 Å². The molecule has 1 amide bonds. The largest absolute Gasteiger partial charge is 0.493 e. The van der Waals surface area contributed by atoms with Gasteiger partial charge in [0.25, 0.3) is 5.91 Å². The van der Waals surface area contributed by atoms with Crippen molar-refractivity contribution in [3.8, 4) is 17.6 Å². The number of benzene rings is 3.